The highest BCUT2D eigenvalue weighted by molar-refractivity contribution is 14.1. The molecular weight excluding hydrogens is 392 g/mol. The third-order valence-corrected chi connectivity index (χ3v) is 6.00. The van der Waals surface area contributed by atoms with Gasteiger partial charge in [0.25, 0.3) is 0 Å². The third kappa shape index (κ3) is 2.93. The molecule has 0 spiro atoms. The fourth-order valence-corrected chi connectivity index (χ4v) is 3.70. The minimum absolute atomic E-state index is 0.0970. The molecule has 0 atom stereocenters. The van der Waals surface area contributed by atoms with Crippen LogP contribution in [0.5, 0.6) is 0 Å². The summed E-state index contributed by atoms with van der Waals surface area (Å²) < 4.78 is 42.4. The van der Waals surface area contributed by atoms with Crippen LogP contribution in [-0.4, -0.2) is 8.07 Å². The van der Waals surface area contributed by atoms with Gasteiger partial charge in [-0.15, -0.1) is 0 Å². The second-order valence-electron chi connectivity index (χ2n) is 5.67. The van der Waals surface area contributed by atoms with Crippen LogP contribution in [0.15, 0.2) is 30.3 Å². The molecule has 106 valence electrons. The van der Waals surface area contributed by atoms with Crippen molar-refractivity contribution in [3.05, 3.63) is 51.4 Å². The fraction of sp³-hybridized carbons (Fsp3) is 0.200. The Bertz CT molecular complexity index is 663. The van der Waals surface area contributed by atoms with Crippen molar-refractivity contribution in [2.24, 2.45) is 0 Å². The van der Waals surface area contributed by atoms with Crippen LogP contribution < -0.4 is 5.19 Å². The zero-order valence-electron chi connectivity index (χ0n) is 11.4. The molecule has 5 heteroatoms. The number of hydrogen-bond acceptors (Lipinski definition) is 0. The lowest BCUT2D eigenvalue weighted by molar-refractivity contribution is 0.516. The van der Waals surface area contributed by atoms with Crippen molar-refractivity contribution in [3.63, 3.8) is 0 Å². The van der Waals surface area contributed by atoms with E-state index in [2.05, 4.69) is 0 Å². The van der Waals surface area contributed by atoms with Gasteiger partial charge in [-0.3, -0.25) is 0 Å². The summed E-state index contributed by atoms with van der Waals surface area (Å²) in [7, 11) is -1.94. The van der Waals surface area contributed by atoms with E-state index in [1.807, 2.05) is 42.2 Å². The molecule has 2 rings (SSSR count). The molecule has 0 aliphatic heterocycles. The Labute approximate surface area is 131 Å². The predicted molar refractivity (Wildman–Crippen MR) is 87.4 cm³/mol. The van der Waals surface area contributed by atoms with E-state index in [-0.39, 0.29) is 5.56 Å². The largest absolute Gasteiger partial charge is 0.206 e. The van der Waals surface area contributed by atoms with E-state index in [0.29, 0.717) is 14.3 Å². The van der Waals surface area contributed by atoms with Gasteiger partial charge in [-0.1, -0.05) is 37.8 Å². The smallest absolute Gasteiger partial charge is 0.166 e. The maximum absolute atomic E-state index is 14.2. The minimum Gasteiger partial charge on any atom is -0.206 e. The summed E-state index contributed by atoms with van der Waals surface area (Å²) in [5.74, 6) is -2.14. The molecule has 0 radical (unpaired) electrons. The average molecular weight is 406 g/mol. The van der Waals surface area contributed by atoms with E-state index in [4.69, 9.17) is 0 Å². The molecule has 0 aliphatic rings. The van der Waals surface area contributed by atoms with Crippen LogP contribution in [0.2, 0.25) is 19.6 Å². The maximum atomic E-state index is 14.2. The van der Waals surface area contributed by atoms with E-state index in [1.54, 1.807) is 18.2 Å². The van der Waals surface area contributed by atoms with Crippen molar-refractivity contribution in [1.29, 1.82) is 0 Å². The second-order valence-corrected chi connectivity index (χ2v) is 11.9. The van der Waals surface area contributed by atoms with Gasteiger partial charge < -0.3 is 0 Å². The summed E-state index contributed by atoms with van der Waals surface area (Å²) in [6.07, 6.45) is 0. The summed E-state index contributed by atoms with van der Waals surface area (Å²) in [6, 6.07) is 7.53. The number of halogens is 4. The van der Waals surface area contributed by atoms with E-state index >= 15 is 0 Å². The average Bonchev–Trinajstić information content (AvgIpc) is 2.34. The Hall–Kier alpha value is -0.823. The lowest BCUT2D eigenvalue weighted by Crippen LogP contribution is -2.40. The predicted octanol–water partition coefficient (Wildman–Crippen LogP) is 4.92. The number of rotatable bonds is 2. The molecule has 0 aromatic heterocycles. The Morgan fingerprint density at radius 2 is 1.55 bits per heavy atom. The molecule has 0 aliphatic carbocycles. The van der Waals surface area contributed by atoms with Gasteiger partial charge in [0.15, 0.2) is 11.6 Å². The molecule has 0 saturated carbocycles. The van der Waals surface area contributed by atoms with Crippen molar-refractivity contribution in [1.82, 2.24) is 0 Å². The van der Waals surface area contributed by atoms with Gasteiger partial charge in [0.1, 0.15) is 5.82 Å². The van der Waals surface area contributed by atoms with Crippen LogP contribution in [-0.2, 0) is 0 Å². The van der Waals surface area contributed by atoms with Gasteiger partial charge in [0.05, 0.1) is 8.07 Å². The van der Waals surface area contributed by atoms with Crippen LogP contribution in [0, 0.1) is 21.0 Å². The first kappa shape index (κ1) is 15.6. The van der Waals surface area contributed by atoms with Crippen molar-refractivity contribution >= 4 is 35.9 Å². The lowest BCUT2D eigenvalue weighted by atomic mass is 10.0. The Kier molecular flexibility index (Phi) is 4.29. The van der Waals surface area contributed by atoms with Crippen molar-refractivity contribution in [2.75, 3.05) is 0 Å². The van der Waals surface area contributed by atoms with Gasteiger partial charge in [-0.05, 0) is 45.5 Å². The normalized spacial score (nSPS) is 11.8. The first-order chi connectivity index (χ1) is 9.21. The van der Waals surface area contributed by atoms with Crippen LogP contribution in [0.25, 0.3) is 11.1 Å². The highest BCUT2D eigenvalue weighted by atomic mass is 127. The van der Waals surface area contributed by atoms with E-state index in [0.717, 1.165) is 0 Å². The van der Waals surface area contributed by atoms with E-state index < -0.39 is 25.5 Å². The molecular formula is C15H14F3ISi. The Morgan fingerprint density at radius 3 is 2.10 bits per heavy atom. The molecule has 0 amide bonds. The molecule has 0 N–H and O–H groups in total. The van der Waals surface area contributed by atoms with Gasteiger partial charge in [-0.25, -0.2) is 13.2 Å². The van der Waals surface area contributed by atoms with Gasteiger partial charge in [0.2, 0.25) is 0 Å². The van der Waals surface area contributed by atoms with Crippen LogP contribution in [0.3, 0.4) is 0 Å². The SMILES string of the molecule is C[Si](C)(C)c1ccc(-c2ccc(I)c(F)c2)c(F)c1F. The molecule has 20 heavy (non-hydrogen) atoms. The van der Waals surface area contributed by atoms with Crippen molar-refractivity contribution < 1.29 is 13.2 Å². The molecule has 0 nitrogen and oxygen atoms in total. The maximum Gasteiger partial charge on any atom is 0.166 e. The van der Waals surface area contributed by atoms with Crippen LogP contribution >= 0.6 is 22.6 Å². The standard InChI is InChI=1S/C15H14F3ISi/c1-20(2,3)13-7-5-10(14(17)15(13)18)9-4-6-12(19)11(16)8-9/h4-8H,1-3H3. The summed E-state index contributed by atoms with van der Waals surface area (Å²) in [5, 5.41) is 0.449. The molecule has 0 heterocycles. The molecule has 0 unspecified atom stereocenters. The quantitative estimate of drug-likeness (QED) is 0.491. The first-order valence-electron chi connectivity index (χ1n) is 6.15. The molecule has 0 saturated heterocycles. The van der Waals surface area contributed by atoms with Crippen LogP contribution in [0.1, 0.15) is 0 Å². The van der Waals surface area contributed by atoms with E-state index in [9.17, 15) is 13.2 Å². The lowest BCUT2D eigenvalue weighted by Gasteiger charge is -2.19. The summed E-state index contributed by atoms with van der Waals surface area (Å²) in [5.41, 5.74) is 0.446. The molecule has 2 aromatic carbocycles. The first-order valence-corrected chi connectivity index (χ1v) is 10.7. The van der Waals surface area contributed by atoms with Crippen molar-refractivity contribution in [3.8, 4) is 11.1 Å². The number of hydrogen-bond donors (Lipinski definition) is 0. The summed E-state index contributed by atoms with van der Waals surface area (Å²) in [6.45, 7) is 5.86. The highest BCUT2D eigenvalue weighted by Crippen LogP contribution is 2.26. The zero-order valence-corrected chi connectivity index (χ0v) is 14.6. The topological polar surface area (TPSA) is 0 Å². The Morgan fingerprint density at radius 1 is 0.900 bits per heavy atom. The van der Waals surface area contributed by atoms with Crippen LogP contribution in [0.4, 0.5) is 13.2 Å². The van der Waals surface area contributed by atoms with Gasteiger partial charge in [-0.2, -0.15) is 0 Å². The third-order valence-electron chi connectivity index (χ3n) is 3.12. The monoisotopic (exact) mass is 406 g/mol. The summed E-state index contributed by atoms with van der Waals surface area (Å²) >= 11 is 1.85. The zero-order chi connectivity index (χ0) is 15.1. The highest BCUT2D eigenvalue weighted by Gasteiger charge is 2.24. The van der Waals surface area contributed by atoms with Gasteiger partial charge in [0, 0.05) is 9.13 Å². The minimum atomic E-state index is -1.94. The Balaban J connectivity index is 2.59. The van der Waals surface area contributed by atoms with Crippen molar-refractivity contribution in [2.45, 2.75) is 19.6 Å². The summed E-state index contributed by atoms with van der Waals surface area (Å²) in [4.78, 5) is 0. The molecule has 0 fully saturated rings. The molecule has 2 aromatic rings. The fourth-order valence-electron chi connectivity index (χ4n) is 2.02. The van der Waals surface area contributed by atoms with E-state index in [1.165, 1.54) is 12.1 Å². The molecule has 0 bridgehead atoms. The number of benzene rings is 2. The van der Waals surface area contributed by atoms with Gasteiger partial charge >= 0.3 is 0 Å². The second kappa shape index (κ2) is 5.52.